The van der Waals surface area contributed by atoms with Gasteiger partial charge in [0.2, 0.25) is 6.04 Å². The van der Waals surface area contributed by atoms with Crippen LogP contribution in [-0.2, 0) is 0 Å². The fourth-order valence-corrected chi connectivity index (χ4v) is 1.22. The summed E-state index contributed by atoms with van der Waals surface area (Å²) >= 11 is 0. The van der Waals surface area contributed by atoms with E-state index in [1.165, 1.54) is 5.32 Å². The molecule has 0 aliphatic rings. The van der Waals surface area contributed by atoms with Crippen molar-refractivity contribution in [2.75, 3.05) is 5.32 Å². The maximum Gasteiger partial charge on any atom is 0.417 e. The van der Waals surface area contributed by atoms with Crippen LogP contribution in [0.3, 0.4) is 0 Å². The van der Waals surface area contributed by atoms with Crippen molar-refractivity contribution in [1.82, 2.24) is 5.32 Å². The lowest BCUT2D eigenvalue weighted by atomic mass is 10.2. The van der Waals surface area contributed by atoms with Crippen LogP contribution in [0.15, 0.2) is 18.2 Å². The van der Waals surface area contributed by atoms with Crippen molar-refractivity contribution in [3.8, 4) is 0 Å². The average Bonchev–Trinajstić information content (AvgIpc) is 2.28. The van der Waals surface area contributed by atoms with Gasteiger partial charge in [-0.3, -0.25) is 0 Å². The largest absolute Gasteiger partial charge is 0.417 e. The van der Waals surface area contributed by atoms with Crippen LogP contribution >= 0.6 is 0 Å². The third-order valence-electron chi connectivity index (χ3n) is 2.11. The summed E-state index contributed by atoms with van der Waals surface area (Å²) in [7, 11) is 0. The van der Waals surface area contributed by atoms with E-state index in [2.05, 4.69) is 0 Å². The van der Waals surface area contributed by atoms with Gasteiger partial charge in [0.15, 0.2) is 11.6 Å². The summed E-state index contributed by atoms with van der Waals surface area (Å²) in [5.41, 5.74) is -0.519. The maximum atomic E-state index is 12.8. The Morgan fingerprint density at radius 3 is 1.90 bits per heavy atom. The molecule has 0 heterocycles. The lowest BCUT2D eigenvalue weighted by molar-refractivity contribution is -0.255. The zero-order valence-corrected chi connectivity index (χ0v) is 9.74. The standard InChI is InChI=1S/C10H6F8N2O/c11-5-2-1-4(3-6(5)12)19-8(21)20-7(9(13,14)15)10(16,17)18/h1-3,7H,(H2,19,20,21). The molecule has 2 amide bonds. The predicted molar refractivity (Wildman–Crippen MR) is 54.4 cm³/mol. The number of benzene rings is 1. The van der Waals surface area contributed by atoms with Gasteiger partial charge in [0.05, 0.1) is 0 Å². The third-order valence-corrected chi connectivity index (χ3v) is 2.11. The molecule has 0 aliphatic carbocycles. The second-order valence-corrected chi connectivity index (χ2v) is 3.74. The van der Waals surface area contributed by atoms with Crippen molar-refractivity contribution in [1.29, 1.82) is 0 Å². The Morgan fingerprint density at radius 2 is 1.48 bits per heavy atom. The van der Waals surface area contributed by atoms with Crippen LogP contribution in [0.25, 0.3) is 0 Å². The number of carbonyl (C=O) groups is 1. The van der Waals surface area contributed by atoms with Gasteiger partial charge in [-0.2, -0.15) is 26.3 Å². The molecule has 0 radical (unpaired) electrons. The van der Waals surface area contributed by atoms with E-state index in [1.54, 1.807) is 0 Å². The Bertz CT molecular complexity index is 511. The molecule has 0 aliphatic heterocycles. The number of halogens is 8. The molecule has 0 bridgehead atoms. The molecule has 21 heavy (non-hydrogen) atoms. The van der Waals surface area contributed by atoms with E-state index < -0.39 is 41.7 Å². The molecule has 11 heteroatoms. The van der Waals surface area contributed by atoms with Crippen molar-refractivity contribution in [2.45, 2.75) is 18.4 Å². The van der Waals surface area contributed by atoms with E-state index >= 15 is 0 Å². The molecular formula is C10H6F8N2O. The van der Waals surface area contributed by atoms with Crippen LogP contribution in [0.4, 0.5) is 45.6 Å². The number of rotatable bonds is 2. The molecule has 0 spiro atoms. The van der Waals surface area contributed by atoms with E-state index in [-0.39, 0.29) is 0 Å². The van der Waals surface area contributed by atoms with Crippen LogP contribution in [-0.4, -0.2) is 24.4 Å². The van der Waals surface area contributed by atoms with Crippen LogP contribution < -0.4 is 10.6 Å². The Kier molecular flexibility index (Phi) is 4.64. The molecular weight excluding hydrogens is 316 g/mol. The first-order valence-electron chi connectivity index (χ1n) is 5.07. The maximum absolute atomic E-state index is 12.8. The van der Waals surface area contributed by atoms with E-state index in [9.17, 15) is 39.9 Å². The first-order chi connectivity index (χ1) is 9.41. The quantitative estimate of drug-likeness (QED) is 0.803. The minimum Gasteiger partial charge on any atom is -0.318 e. The van der Waals surface area contributed by atoms with Gasteiger partial charge in [-0.1, -0.05) is 0 Å². The van der Waals surface area contributed by atoms with Gasteiger partial charge in [0.25, 0.3) is 0 Å². The number of amides is 2. The molecule has 118 valence electrons. The molecule has 0 unspecified atom stereocenters. The molecule has 0 atom stereocenters. The zero-order valence-electron chi connectivity index (χ0n) is 9.74. The minimum absolute atomic E-state index is 0.394. The summed E-state index contributed by atoms with van der Waals surface area (Å²) in [6.45, 7) is 0. The third kappa shape index (κ3) is 4.76. The van der Waals surface area contributed by atoms with E-state index in [4.69, 9.17) is 0 Å². The topological polar surface area (TPSA) is 41.1 Å². The summed E-state index contributed by atoms with van der Waals surface area (Å²) in [4.78, 5) is 11.1. The summed E-state index contributed by atoms with van der Waals surface area (Å²) in [5.74, 6) is -2.74. The van der Waals surface area contributed by atoms with Gasteiger partial charge in [-0.15, -0.1) is 0 Å². The van der Waals surface area contributed by atoms with Crippen molar-refractivity contribution < 1.29 is 39.9 Å². The highest BCUT2D eigenvalue weighted by Gasteiger charge is 2.57. The highest BCUT2D eigenvalue weighted by atomic mass is 19.4. The minimum atomic E-state index is -5.76. The Labute approximate surface area is 111 Å². The van der Waals surface area contributed by atoms with Gasteiger partial charge in [-0.05, 0) is 12.1 Å². The van der Waals surface area contributed by atoms with Crippen molar-refractivity contribution in [3.05, 3.63) is 29.8 Å². The Morgan fingerprint density at radius 1 is 0.952 bits per heavy atom. The van der Waals surface area contributed by atoms with Gasteiger partial charge in [0.1, 0.15) is 0 Å². The molecule has 2 N–H and O–H groups in total. The molecule has 0 saturated carbocycles. The van der Waals surface area contributed by atoms with Crippen LogP contribution in [0.5, 0.6) is 0 Å². The average molecular weight is 322 g/mol. The summed E-state index contributed by atoms with van der Waals surface area (Å²) in [5, 5.41) is 2.19. The zero-order chi connectivity index (χ0) is 16.4. The van der Waals surface area contributed by atoms with Crippen molar-refractivity contribution >= 4 is 11.7 Å². The van der Waals surface area contributed by atoms with Crippen LogP contribution in [0.2, 0.25) is 0 Å². The molecule has 0 aromatic heterocycles. The first kappa shape index (κ1) is 17.0. The number of hydrogen-bond acceptors (Lipinski definition) is 1. The number of alkyl halides is 6. The fourth-order valence-electron chi connectivity index (χ4n) is 1.22. The summed E-state index contributed by atoms with van der Waals surface area (Å²) in [6.07, 6.45) is -11.5. The molecule has 1 aromatic carbocycles. The highest BCUT2D eigenvalue weighted by molar-refractivity contribution is 5.89. The number of hydrogen-bond donors (Lipinski definition) is 2. The molecule has 0 saturated heterocycles. The molecule has 1 rings (SSSR count). The van der Waals surface area contributed by atoms with Gasteiger partial charge < -0.3 is 10.6 Å². The lowest BCUT2D eigenvalue weighted by Gasteiger charge is -2.23. The predicted octanol–water partition coefficient (Wildman–Crippen LogP) is 3.58. The van der Waals surface area contributed by atoms with E-state index in [1.807, 2.05) is 0 Å². The normalized spacial score (nSPS) is 12.4. The molecule has 3 nitrogen and oxygen atoms in total. The summed E-state index contributed by atoms with van der Waals surface area (Å²) < 4.78 is 98.3. The van der Waals surface area contributed by atoms with Gasteiger partial charge >= 0.3 is 18.4 Å². The fraction of sp³-hybridized carbons (Fsp3) is 0.300. The number of nitrogens with one attached hydrogen (secondary N) is 2. The lowest BCUT2D eigenvalue weighted by Crippen LogP contribution is -2.55. The monoisotopic (exact) mass is 322 g/mol. The Balaban J connectivity index is 2.81. The van der Waals surface area contributed by atoms with Crippen molar-refractivity contribution in [3.63, 3.8) is 0 Å². The number of urea groups is 1. The second kappa shape index (κ2) is 5.74. The number of carbonyl (C=O) groups excluding carboxylic acids is 1. The van der Waals surface area contributed by atoms with Gasteiger partial charge in [0, 0.05) is 11.8 Å². The van der Waals surface area contributed by atoms with E-state index in [0.29, 0.717) is 17.4 Å². The smallest absolute Gasteiger partial charge is 0.318 e. The first-order valence-corrected chi connectivity index (χ1v) is 5.07. The van der Waals surface area contributed by atoms with Crippen LogP contribution in [0, 0.1) is 11.6 Å². The second-order valence-electron chi connectivity index (χ2n) is 3.74. The van der Waals surface area contributed by atoms with E-state index in [0.717, 1.165) is 6.07 Å². The van der Waals surface area contributed by atoms with Crippen molar-refractivity contribution in [2.24, 2.45) is 0 Å². The molecule has 1 aromatic rings. The van der Waals surface area contributed by atoms with Crippen LogP contribution in [0.1, 0.15) is 0 Å². The highest BCUT2D eigenvalue weighted by Crippen LogP contribution is 2.33. The molecule has 0 fully saturated rings. The Hall–Kier alpha value is -2.07. The number of anilines is 1. The summed E-state index contributed by atoms with van der Waals surface area (Å²) in [6, 6.07) is -4.27. The van der Waals surface area contributed by atoms with Gasteiger partial charge in [-0.25, -0.2) is 13.6 Å². The SMILES string of the molecule is O=C(Nc1ccc(F)c(F)c1)NC(C(F)(F)F)C(F)(F)F.